The second-order valence-electron chi connectivity index (χ2n) is 7.35. The first kappa shape index (κ1) is 22.8. The number of amides is 2. The summed E-state index contributed by atoms with van der Waals surface area (Å²) in [5.74, 6) is 0.640. The molecule has 0 saturated carbocycles. The van der Waals surface area contributed by atoms with E-state index in [9.17, 15) is 9.59 Å². The van der Waals surface area contributed by atoms with Gasteiger partial charge in [-0.2, -0.15) is 0 Å². The highest BCUT2D eigenvalue weighted by atomic mass is 16.5. The van der Waals surface area contributed by atoms with Crippen LogP contribution in [0.4, 0.5) is 4.79 Å². The van der Waals surface area contributed by atoms with E-state index in [2.05, 4.69) is 10.6 Å². The molecule has 0 saturated heterocycles. The van der Waals surface area contributed by atoms with Crippen LogP contribution in [-0.2, 0) is 16.0 Å². The number of hydrogen-bond donors (Lipinski definition) is 2. The third-order valence-electron chi connectivity index (χ3n) is 4.05. The van der Waals surface area contributed by atoms with Gasteiger partial charge >= 0.3 is 6.09 Å². The fourth-order valence-electron chi connectivity index (χ4n) is 2.63. The van der Waals surface area contributed by atoms with Gasteiger partial charge < -0.3 is 20.1 Å². The molecule has 6 heteroatoms. The first-order valence-corrected chi connectivity index (χ1v) is 9.72. The number of carbonyl (C=O) groups is 2. The smallest absolute Gasteiger partial charge is 0.407 e. The molecule has 152 valence electrons. The molecule has 0 radical (unpaired) electrons. The van der Waals surface area contributed by atoms with Crippen LogP contribution in [0.5, 0.6) is 5.75 Å². The van der Waals surface area contributed by atoms with Gasteiger partial charge in [-0.1, -0.05) is 26.0 Å². The number of rotatable bonds is 10. The minimum absolute atomic E-state index is 0.00524. The van der Waals surface area contributed by atoms with Crippen LogP contribution in [0.25, 0.3) is 0 Å². The molecule has 2 unspecified atom stereocenters. The zero-order valence-electron chi connectivity index (χ0n) is 17.4. The second kappa shape index (κ2) is 11.5. The van der Waals surface area contributed by atoms with Gasteiger partial charge in [-0.05, 0) is 64.2 Å². The minimum Gasteiger partial charge on any atom is -0.491 e. The summed E-state index contributed by atoms with van der Waals surface area (Å²) in [6, 6.07) is 7.41. The Kier molecular flexibility index (Phi) is 9.68. The van der Waals surface area contributed by atoms with E-state index in [0.29, 0.717) is 0 Å². The highest BCUT2D eigenvalue weighted by Crippen LogP contribution is 2.15. The number of aryl methyl sites for hydroxylation is 1. The zero-order chi connectivity index (χ0) is 20.4. The molecule has 0 fully saturated rings. The van der Waals surface area contributed by atoms with E-state index in [-0.39, 0.29) is 30.6 Å². The predicted octanol–water partition coefficient (Wildman–Crippen LogP) is 3.68. The molecule has 6 nitrogen and oxygen atoms in total. The van der Waals surface area contributed by atoms with E-state index < -0.39 is 12.1 Å². The minimum atomic E-state index is -0.612. The maximum atomic E-state index is 12.5. The summed E-state index contributed by atoms with van der Waals surface area (Å²) in [4.78, 5) is 24.1. The SMILES string of the molecule is CCOC(=O)NC(C(=O)NC(C)CCc1ccc(OC(C)C)cc1)C(C)C. The summed E-state index contributed by atoms with van der Waals surface area (Å²) in [6.07, 6.45) is 1.24. The van der Waals surface area contributed by atoms with E-state index in [1.54, 1.807) is 6.92 Å². The molecule has 0 aliphatic rings. The van der Waals surface area contributed by atoms with Gasteiger partial charge in [-0.3, -0.25) is 4.79 Å². The molecule has 0 aliphatic heterocycles. The Morgan fingerprint density at radius 1 is 1.00 bits per heavy atom. The Bertz CT molecular complexity index is 584. The van der Waals surface area contributed by atoms with Crippen LogP contribution in [-0.4, -0.2) is 36.8 Å². The Morgan fingerprint density at radius 2 is 1.63 bits per heavy atom. The van der Waals surface area contributed by atoms with E-state index in [1.807, 2.05) is 58.9 Å². The van der Waals surface area contributed by atoms with Crippen molar-refractivity contribution in [3.05, 3.63) is 29.8 Å². The quantitative estimate of drug-likeness (QED) is 0.651. The summed E-state index contributed by atoms with van der Waals surface area (Å²) in [6.45, 7) is 11.8. The van der Waals surface area contributed by atoms with Crippen LogP contribution in [0.15, 0.2) is 24.3 Å². The van der Waals surface area contributed by atoms with Crippen LogP contribution >= 0.6 is 0 Å². The number of hydrogen-bond acceptors (Lipinski definition) is 4. The van der Waals surface area contributed by atoms with Crippen LogP contribution < -0.4 is 15.4 Å². The number of benzene rings is 1. The Morgan fingerprint density at radius 3 is 2.15 bits per heavy atom. The summed E-state index contributed by atoms with van der Waals surface area (Å²) in [5, 5.41) is 5.61. The molecule has 1 rings (SSSR count). The van der Waals surface area contributed by atoms with Crippen molar-refractivity contribution in [2.45, 2.75) is 72.6 Å². The van der Waals surface area contributed by atoms with Crippen molar-refractivity contribution in [2.24, 2.45) is 5.92 Å². The molecule has 1 aromatic carbocycles. The topological polar surface area (TPSA) is 76.7 Å². The third-order valence-corrected chi connectivity index (χ3v) is 4.05. The fourth-order valence-corrected chi connectivity index (χ4v) is 2.63. The van der Waals surface area contributed by atoms with Crippen molar-refractivity contribution in [1.29, 1.82) is 0 Å². The maximum absolute atomic E-state index is 12.5. The highest BCUT2D eigenvalue weighted by Gasteiger charge is 2.25. The zero-order valence-corrected chi connectivity index (χ0v) is 17.4. The lowest BCUT2D eigenvalue weighted by atomic mass is 10.0. The molecule has 2 N–H and O–H groups in total. The fraction of sp³-hybridized carbons (Fsp3) is 0.619. The number of ether oxygens (including phenoxy) is 2. The van der Waals surface area contributed by atoms with Gasteiger partial charge in [0.05, 0.1) is 12.7 Å². The van der Waals surface area contributed by atoms with Gasteiger partial charge in [0, 0.05) is 6.04 Å². The van der Waals surface area contributed by atoms with Crippen molar-refractivity contribution in [2.75, 3.05) is 6.61 Å². The largest absolute Gasteiger partial charge is 0.491 e. The first-order chi connectivity index (χ1) is 12.7. The second-order valence-corrected chi connectivity index (χ2v) is 7.35. The molecular weight excluding hydrogens is 344 g/mol. The average Bonchev–Trinajstić information content (AvgIpc) is 2.58. The van der Waals surface area contributed by atoms with Crippen LogP contribution in [0.1, 0.15) is 53.5 Å². The van der Waals surface area contributed by atoms with Gasteiger partial charge in [0.1, 0.15) is 11.8 Å². The lowest BCUT2D eigenvalue weighted by molar-refractivity contribution is -0.124. The first-order valence-electron chi connectivity index (χ1n) is 9.72. The molecular formula is C21H34N2O4. The van der Waals surface area contributed by atoms with Gasteiger partial charge in [0.15, 0.2) is 0 Å². The van der Waals surface area contributed by atoms with Crippen LogP contribution in [0, 0.1) is 5.92 Å². The van der Waals surface area contributed by atoms with Crippen molar-refractivity contribution < 1.29 is 19.1 Å². The lowest BCUT2D eigenvalue weighted by Gasteiger charge is -2.23. The normalized spacial score (nSPS) is 13.2. The summed E-state index contributed by atoms with van der Waals surface area (Å²) in [5.41, 5.74) is 1.19. The van der Waals surface area contributed by atoms with Gasteiger partial charge in [0.25, 0.3) is 0 Å². The Hall–Kier alpha value is -2.24. The molecule has 0 aliphatic carbocycles. The van der Waals surface area contributed by atoms with E-state index >= 15 is 0 Å². The highest BCUT2D eigenvalue weighted by molar-refractivity contribution is 5.86. The van der Waals surface area contributed by atoms with Crippen LogP contribution in [0.2, 0.25) is 0 Å². The summed E-state index contributed by atoms with van der Waals surface area (Å²) in [7, 11) is 0. The van der Waals surface area contributed by atoms with E-state index in [4.69, 9.17) is 9.47 Å². The summed E-state index contributed by atoms with van der Waals surface area (Å²) < 4.78 is 10.5. The van der Waals surface area contributed by atoms with E-state index in [1.165, 1.54) is 5.56 Å². The molecule has 0 bridgehead atoms. The van der Waals surface area contributed by atoms with E-state index in [0.717, 1.165) is 18.6 Å². The summed E-state index contributed by atoms with van der Waals surface area (Å²) >= 11 is 0. The molecule has 2 atom stereocenters. The monoisotopic (exact) mass is 378 g/mol. The number of alkyl carbamates (subject to hydrolysis) is 1. The average molecular weight is 379 g/mol. The van der Waals surface area contributed by atoms with Gasteiger partial charge in [-0.15, -0.1) is 0 Å². The molecule has 2 amide bonds. The molecule has 0 aromatic heterocycles. The van der Waals surface area contributed by atoms with Crippen molar-refractivity contribution in [1.82, 2.24) is 10.6 Å². The molecule has 0 spiro atoms. The molecule has 1 aromatic rings. The predicted molar refractivity (Wildman–Crippen MR) is 107 cm³/mol. The van der Waals surface area contributed by atoms with Crippen molar-refractivity contribution in [3.8, 4) is 5.75 Å². The molecule has 0 heterocycles. The maximum Gasteiger partial charge on any atom is 0.407 e. The van der Waals surface area contributed by atoms with Crippen molar-refractivity contribution in [3.63, 3.8) is 0 Å². The number of carbonyl (C=O) groups excluding carboxylic acids is 2. The van der Waals surface area contributed by atoms with Crippen LogP contribution in [0.3, 0.4) is 0 Å². The van der Waals surface area contributed by atoms with Gasteiger partial charge in [-0.25, -0.2) is 4.79 Å². The Labute approximate surface area is 163 Å². The van der Waals surface area contributed by atoms with Gasteiger partial charge in [0.2, 0.25) is 5.91 Å². The lowest BCUT2D eigenvalue weighted by Crippen LogP contribution is -2.51. The van der Waals surface area contributed by atoms with Crippen molar-refractivity contribution >= 4 is 12.0 Å². The molecule has 27 heavy (non-hydrogen) atoms. The number of nitrogens with one attached hydrogen (secondary N) is 2. The standard InChI is InChI=1S/C21H34N2O4/c1-7-26-21(25)23-19(14(2)3)20(24)22-16(6)8-9-17-10-12-18(13-11-17)27-15(4)5/h10-16,19H,7-9H2,1-6H3,(H,22,24)(H,23,25). The third kappa shape index (κ3) is 8.80. The Balaban J connectivity index is 2.50.